The number of hydrogen-bond acceptors (Lipinski definition) is 2. The molecule has 1 heterocycles. The fourth-order valence-corrected chi connectivity index (χ4v) is 2.35. The number of nitrogens with zero attached hydrogens (tertiary/aromatic N) is 1. The minimum Gasteiger partial charge on any atom is -0.338 e. The summed E-state index contributed by atoms with van der Waals surface area (Å²) in [6, 6.07) is 5.93. The second kappa shape index (κ2) is 5.88. The molecule has 1 fully saturated rings. The molecule has 0 radical (unpaired) electrons. The molecule has 1 aliphatic rings. The van der Waals surface area contributed by atoms with E-state index in [1.807, 2.05) is 0 Å². The molecule has 2 N–H and O–H groups in total. The van der Waals surface area contributed by atoms with Gasteiger partial charge in [0, 0.05) is 24.7 Å². The molecule has 0 bridgehead atoms. The SMILES string of the molecule is CC1(C)CN(C(=O)c2cccc(F)c2)CCC1N.Cl. The average molecular weight is 287 g/mol. The smallest absolute Gasteiger partial charge is 0.253 e. The van der Waals surface area contributed by atoms with E-state index in [1.165, 1.54) is 12.1 Å². The van der Waals surface area contributed by atoms with Crippen molar-refractivity contribution in [3.8, 4) is 0 Å². The molecule has 1 amide bonds. The van der Waals surface area contributed by atoms with Crippen LogP contribution in [-0.4, -0.2) is 29.9 Å². The third-order valence-corrected chi connectivity index (χ3v) is 3.67. The second-order valence-corrected chi connectivity index (χ2v) is 5.62. The van der Waals surface area contributed by atoms with Crippen LogP contribution in [0, 0.1) is 11.2 Å². The summed E-state index contributed by atoms with van der Waals surface area (Å²) >= 11 is 0. The molecule has 1 aromatic carbocycles. The van der Waals surface area contributed by atoms with Crippen LogP contribution >= 0.6 is 12.4 Å². The normalized spacial score (nSPS) is 21.7. The van der Waals surface area contributed by atoms with Gasteiger partial charge in [0.2, 0.25) is 0 Å². The quantitative estimate of drug-likeness (QED) is 0.862. The van der Waals surface area contributed by atoms with Gasteiger partial charge < -0.3 is 10.6 Å². The van der Waals surface area contributed by atoms with E-state index in [0.717, 1.165) is 6.42 Å². The lowest BCUT2D eigenvalue weighted by atomic mass is 9.79. The summed E-state index contributed by atoms with van der Waals surface area (Å²) < 4.78 is 13.1. The molecule has 0 aromatic heterocycles. The number of likely N-dealkylation sites (tertiary alicyclic amines) is 1. The van der Waals surface area contributed by atoms with Crippen molar-refractivity contribution < 1.29 is 9.18 Å². The van der Waals surface area contributed by atoms with Gasteiger partial charge in [-0.1, -0.05) is 19.9 Å². The molecule has 0 spiro atoms. The van der Waals surface area contributed by atoms with Gasteiger partial charge in [0.25, 0.3) is 5.91 Å². The molecule has 0 saturated carbocycles. The first-order chi connectivity index (χ1) is 8.40. The highest BCUT2D eigenvalue weighted by Crippen LogP contribution is 2.28. The monoisotopic (exact) mass is 286 g/mol. The maximum Gasteiger partial charge on any atom is 0.253 e. The van der Waals surface area contributed by atoms with Crippen molar-refractivity contribution in [1.82, 2.24) is 4.90 Å². The summed E-state index contributed by atoms with van der Waals surface area (Å²) in [6.45, 7) is 5.37. The van der Waals surface area contributed by atoms with Crippen LogP contribution in [-0.2, 0) is 0 Å². The third kappa shape index (κ3) is 3.45. The third-order valence-electron chi connectivity index (χ3n) is 3.67. The summed E-state index contributed by atoms with van der Waals surface area (Å²) in [6.07, 6.45) is 0.786. The zero-order valence-corrected chi connectivity index (χ0v) is 12.0. The Morgan fingerprint density at radius 3 is 2.74 bits per heavy atom. The van der Waals surface area contributed by atoms with Crippen molar-refractivity contribution in [1.29, 1.82) is 0 Å². The minimum absolute atomic E-state index is 0. The molecule has 19 heavy (non-hydrogen) atoms. The van der Waals surface area contributed by atoms with Gasteiger partial charge in [-0.25, -0.2) is 4.39 Å². The summed E-state index contributed by atoms with van der Waals surface area (Å²) in [4.78, 5) is 14.0. The van der Waals surface area contributed by atoms with Crippen molar-refractivity contribution in [2.45, 2.75) is 26.3 Å². The number of amides is 1. The van der Waals surface area contributed by atoms with Gasteiger partial charge in [-0.3, -0.25) is 4.79 Å². The molecule has 1 saturated heterocycles. The van der Waals surface area contributed by atoms with Crippen molar-refractivity contribution in [3.63, 3.8) is 0 Å². The number of benzene rings is 1. The first-order valence-electron chi connectivity index (χ1n) is 6.20. The number of carbonyl (C=O) groups excluding carboxylic acids is 1. The van der Waals surface area contributed by atoms with E-state index in [1.54, 1.807) is 17.0 Å². The van der Waals surface area contributed by atoms with E-state index in [9.17, 15) is 9.18 Å². The number of nitrogens with two attached hydrogens (primary N) is 1. The van der Waals surface area contributed by atoms with E-state index in [-0.39, 0.29) is 35.6 Å². The predicted molar refractivity (Wildman–Crippen MR) is 75.9 cm³/mol. The van der Waals surface area contributed by atoms with E-state index >= 15 is 0 Å². The fraction of sp³-hybridized carbons (Fsp3) is 0.500. The van der Waals surface area contributed by atoms with Crippen molar-refractivity contribution in [3.05, 3.63) is 35.6 Å². The van der Waals surface area contributed by atoms with Gasteiger partial charge in [0.1, 0.15) is 5.82 Å². The van der Waals surface area contributed by atoms with Gasteiger partial charge in [-0.2, -0.15) is 0 Å². The van der Waals surface area contributed by atoms with Crippen molar-refractivity contribution in [2.75, 3.05) is 13.1 Å². The Morgan fingerprint density at radius 2 is 2.16 bits per heavy atom. The lowest BCUT2D eigenvalue weighted by molar-refractivity contribution is 0.0532. The standard InChI is InChI=1S/C14H19FN2O.ClH/c1-14(2)9-17(7-6-12(14)16)13(18)10-4-3-5-11(15)8-10;/h3-5,8,12H,6-7,9,16H2,1-2H3;1H. The van der Waals surface area contributed by atoms with Gasteiger partial charge in [0.05, 0.1) is 0 Å². The second-order valence-electron chi connectivity index (χ2n) is 5.62. The maximum absolute atomic E-state index is 13.1. The molecular formula is C14H20ClFN2O. The van der Waals surface area contributed by atoms with Gasteiger partial charge >= 0.3 is 0 Å². The van der Waals surface area contributed by atoms with E-state index < -0.39 is 0 Å². The lowest BCUT2D eigenvalue weighted by Gasteiger charge is -2.42. The van der Waals surface area contributed by atoms with Crippen LogP contribution in [0.1, 0.15) is 30.6 Å². The van der Waals surface area contributed by atoms with E-state index in [2.05, 4.69) is 13.8 Å². The predicted octanol–water partition coefficient (Wildman–Crippen LogP) is 2.45. The number of carbonyl (C=O) groups is 1. The highest BCUT2D eigenvalue weighted by Gasteiger charge is 2.35. The van der Waals surface area contributed by atoms with Crippen LogP contribution in [0.3, 0.4) is 0 Å². The van der Waals surface area contributed by atoms with Crippen LogP contribution in [0.4, 0.5) is 4.39 Å². The van der Waals surface area contributed by atoms with E-state index in [4.69, 9.17) is 5.73 Å². The average Bonchev–Trinajstić information content (AvgIpc) is 2.31. The highest BCUT2D eigenvalue weighted by molar-refractivity contribution is 5.94. The first kappa shape index (κ1) is 15.9. The Bertz CT molecular complexity index is 465. The molecule has 2 rings (SSSR count). The Kier molecular flexibility index (Phi) is 4.93. The molecular weight excluding hydrogens is 267 g/mol. The van der Waals surface area contributed by atoms with Crippen LogP contribution in [0.5, 0.6) is 0 Å². The Hall–Kier alpha value is -1.13. The Balaban J connectivity index is 0.00000180. The minimum atomic E-state index is -0.381. The first-order valence-corrected chi connectivity index (χ1v) is 6.20. The molecule has 1 atom stereocenters. The number of rotatable bonds is 1. The number of hydrogen-bond donors (Lipinski definition) is 1. The molecule has 1 aromatic rings. The number of halogens is 2. The molecule has 1 aliphatic heterocycles. The summed E-state index contributed by atoms with van der Waals surface area (Å²) in [5.41, 5.74) is 6.35. The van der Waals surface area contributed by atoms with Crippen LogP contribution in [0.15, 0.2) is 24.3 Å². The highest BCUT2D eigenvalue weighted by atomic mass is 35.5. The van der Waals surface area contributed by atoms with Crippen LogP contribution in [0.25, 0.3) is 0 Å². The summed E-state index contributed by atoms with van der Waals surface area (Å²) in [7, 11) is 0. The zero-order chi connectivity index (χ0) is 13.3. The topological polar surface area (TPSA) is 46.3 Å². The zero-order valence-electron chi connectivity index (χ0n) is 11.2. The van der Waals surface area contributed by atoms with Gasteiger partial charge in [-0.05, 0) is 30.0 Å². The summed E-state index contributed by atoms with van der Waals surface area (Å²) in [5.74, 6) is -0.497. The van der Waals surface area contributed by atoms with Crippen molar-refractivity contribution >= 4 is 18.3 Å². The molecule has 5 heteroatoms. The van der Waals surface area contributed by atoms with E-state index in [0.29, 0.717) is 18.7 Å². The maximum atomic E-state index is 13.1. The Morgan fingerprint density at radius 1 is 1.47 bits per heavy atom. The molecule has 0 aliphatic carbocycles. The van der Waals surface area contributed by atoms with Gasteiger partial charge in [-0.15, -0.1) is 12.4 Å². The molecule has 106 valence electrons. The fourth-order valence-electron chi connectivity index (χ4n) is 2.35. The van der Waals surface area contributed by atoms with Crippen molar-refractivity contribution in [2.24, 2.45) is 11.1 Å². The molecule has 3 nitrogen and oxygen atoms in total. The van der Waals surface area contributed by atoms with Crippen LogP contribution < -0.4 is 5.73 Å². The summed E-state index contributed by atoms with van der Waals surface area (Å²) in [5, 5.41) is 0. The number of piperidine rings is 1. The van der Waals surface area contributed by atoms with Gasteiger partial charge in [0.15, 0.2) is 0 Å². The largest absolute Gasteiger partial charge is 0.338 e. The lowest BCUT2D eigenvalue weighted by Crippen LogP contribution is -2.54. The molecule has 1 unspecified atom stereocenters. The van der Waals surface area contributed by atoms with Crippen LogP contribution in [0.2, 0.25) is 0 Å². The Labute approximate surface area is 119 Å².